The lowest BCUT2D eigenvalue weighted by Gasteiger charge is -2.38. The highest BCUT2D eigenvalue weighted by atomic mass is 35.5. The van der Waals surface area contributed by atoms with Crippen LogP contribution >= 0.6 is 11.6 Å². The molecule has 0 aliphatic carbocycles. The third-order valence-corrected chi connectivity index (χ3v) is 4.47. The molecule has 0 unspecified atom stereocenters. The number of piperidine rings is 1. The highest BCUT2D eigenvalue weighted by molar-refractivity contribution is 6.32. The molecule has 2 atom stereocenters. The topological polar surface area (TPSA) is 46.6 Å². The van der Waals surface area contributed by atoms with Gasteiger partial charge in [0.25, 0.3) is 5.91 Å². The van der Waals surface area contributed by atoms with Crippen LogP contribution in [0.15, 0.2) is 30.3 Å². The SMILES string of the molecule is C[C@@H]1CCC[C@H](C)N1C(=O)COC(=O)/C=C/c1ccccc1Cl. The maximum absolute atomic E-state index is 12.3. The van der Waals surface area contributed by atoms with E-state index >= 15 is 0 Å². The predicted molar refractivity (Wildman–Crippen MR) is 91.1 cm³/mol. The summed E-state index contributed by atoms with van der Waals surface area (Å²) in [6.07, 6.45) is 6.00. The second kappa shape index (κ2) is 8.16. The van der Waals surface area contributed by atoms with Crippen LogP contribution in [0.1, 0.15) is 38.7 Å². The normalized spacial score (nSPS) is 21.4. The molecule has 0 aromatic heterocycles. The number of halogens is 1. The van der Waals surface area contributed by atoms with Crippen molar-refractivity contribution in [2.75, 3.05) is 6.61 Å². The Labute approximate surface area is 142 Å². The quantitative estimate of drug-likeness (QED) is 0.622. The molecule has 1 amide bonds. The maximum atomic E-state index is 12.3. The standard InChI is InChI=1S/C18H22ClNO3/c1-13-6-5-7-14(2)20(13)17(21)12-23-18(22)11-10-15-8-3-4-9-16(15)19/h3-4,8-11,13-14H,5-7,12H2,1-2H3/b11-10+/t13-,14+. The summed E-state index contributed by atoms with van der Waals surface area (Å²) in [6, 6.07) is 7.59. The van der Waals surface area contributed by atoms with Gasteiger partial charge in [-0.2, -0.15) is 0 Å². The number of esters is 1. The fourth-order valence-electron chi connectivity index (χ4n) is 2.94. The smallest absolute Gasteiger partial charge is 0.331 e. The average molecular weight is 336 g/mol. The van der Waals surface area contributed by atoms with Crippen molar-refractivity contribution in [1.29, 1.82) is 0 Å². The Morgan fingerprint density at radius 1 is 1.26 bits per heavy atom. The van der Waals surface area contributed by atoms with Crippen LogP contribution < -0.4 is 0 Å². The molecule has 23 heavy (non-hydrogen) atoms. The molecule has 1 aromatic rings. The van der Waals surface area contributed by atoms with Crippen LogP contribution in [0.25, 0.3) is 6.08 Å². The molecule has 1 heterocycles. The third kappa shape index (κ3) is 4.83. The summed E-state index contributed by atoms with van der Waals surface area (Å²) in [7, 11) is 0. The lowest BCUT2D eigenvalue weighted by atomic mass is 9.97. The number of benzene rings is 1. The number of hydrogen-bond acceptors (Lipinski definition) is 3. The molecule has 4 nitrogen and oxygen atoms in total. The van der Waals surface area contributed by atoms with Crippen molar-refractivity contribution < 1.29 is 14.3 Å². The van der Waals surface area contributed by atoms with E-state index < -0.39 is 5.97 Å². The summed E-state index contributed by atoms with van der Waals surface area (Å²) in [5.74, 6) is -0.681. The van der Waals surface area contributed by atoms with Gasteiger partial charge in [-0.05, 0) is 50.8 Å². The predicted octanol–water partition coefficient (Wildman–Crippen LogP) is 3.69. The molecule has 1 aromatic carbocycles. The number of ether oxygens (including phenoxy) is 1. The number of nitrogens with zero attached hydrogens (tertiary/aromatic N) is 1. The monoisotopic (exact) mass is 335 g/mol. The molecule has 0 N–H and O–H groups in total. The number of carbonyl (C=O) groups excluding carboxylic acids is 2. The molecule has 5 heteroatoms. The Kier molecular flexibility index (Phi) is 6.22. The number of hydrogen-bond donors (Lipinski definition) is 0. The molecule has 2 rings (SSSR count). The fraction of sp³-hybridized carbons (Fsp3) is 0.444. The summed E-state index contributed by atoms with van der Waals surface area (Å²) >= 11 is 6.00. The Hall–Kier alpha value is -1.81. The molecule has 1 aliphatic heterocycles. The van der Waals surface area contributed by atoms with Gasteiger partial charge in [-0.3, -0.25) is 4.79 Å². The van der Waals surface area contributed by atoms with Crippen LogP contribution in [0.4, 0.5) is 0 Å². The zero-order valence-electron chi connectivity index (χ0n) is 13.5. The van der Waals surface area contributed by atoms with Crippen molar-refractivity contribution in [3.63, 3.8) is 0 Å². The molecule has 0 radical (unpaired) electrons. The van der Waals surface area contributed by atoms with Gasteiger partial charge >= 0.3 is 5.97 Å². The van der Waals surface area contributed by atoms with Gasteiger partial charge in [0.2, 0.25) is 0 Å². The third-order valence-electron chi connectivity index (χ3n) is 4.12. The van der Waals surface area contributed by atoms with Gasteiger partial charge in [0, 0.05) is 23.2 Å². The van der Waals surface area contributed by atoms with E-state index in [1.54, 1.807) is 18.2 Å². The van der Waals surface area contributed by atoms with Gasteiger partial charge in [0.1, 0.15) is 0 Å². The first-order valence-electron chi connectivity index (χ1n) is 7.89. The van der Waals surface area contributed by atoms with Crippen molar-refractivity contribution in [3.8, 4) is 0 Å². The minimum Gasteiger partial charge on any atom is -0.452 e. The van der Waals surface area contributed by atoms with Crippen LogP contribution in [0.3, 0.4) is 0 Å². The average Bonchev–Trinajstić information content (AvgIpc) is 2.52. The van der Waals surface area contributed by atoms with E-state index in [1.165, 1.54) is 6.08 Å². The number of amides is 1. The van der Waals surface area contributed by atoms with Crippen LogP contribution in [0.5, 0.6) is 0 Å². The van der Waals surface area contributed by atoms with Crippen LogP contribution in [-0.4, -0.2) is 35.5 Å². The molecule has 124 valence electrons. The molecule has 0 saturated carbocycles. The molecular formula is C18H22ClNO3. The summed E-state index contributed by atoms with van der Waals surface area (Å²) in [4.78, 5) is 25.8. The van der Waals surface area contributed by atoms with Gasteiger partial charge < -0.3 is 9.64 Å². The van der Waals surface area contributed by atoms with Gasteiger partial charge in [-0.15, -0.1) is 0 Å². The van der Waals surface area contributed by atoms with Crippen molar-refractivity contribution >= 4 is 29.6 Å². The summed E-state index contributed by atoms with van der Waals surface area (Å²) < 4.78 is 5.06. The van der Waals surface area contributed by atoms with Crippen molar-refractivity contribution in [3.05, 3.63) is 40.9 Å². The van der Waals surface area contributed by atoms with E-state index in [1.807, 2.05) is 30.9 Å². The van der Waals surface area contributed by atoms with Crippen LogP contribution in [-0.2, 0) is 14.3 Å². The first-order chi connectivity index (χ1) is 11.0. The van der Waals surface area contributed by atoms with E-state index in [-0.39, 0.29) is 24.6 Å². The minimum atomic E-state index is -0.546. The largest absolute Gasteiger partial charge is 0.452 e. The Morgan fingerprint density at radius 2 is 1.91 bits per heavy atom. The van der Waals surface area contributed by atoms with Crippen molar-refractivity contribution in [1.82, 2.24) is 4.90 Å². The van der Waals surface area contributed by atoms with Gasteiger partial charge in [0.05, 0.1) is 0 Å². The Balaban J connectivity index is 1.86. The number of likely N-dealkylation sites (tertiary alicyclic amines) is 1. The van der Waals surface area contributed by atoms with E-state index in [0.717, 1.165) is 24.8 Å². The second-order valence-corrected chi connectivity index (χ2v) is 6.30. The lowest BCUT2D eigenvalue weighted by Crippen LogP contribution is -2.49. The first-order valence-corrected chi connectivity index (χ1v) is 8.27. The van der Waals surface area contributed by atoms with Crippen LogP contribution in [0.2, 0.25) is 5.02 Å². The maximum Gasteiger partial charge on any atom is 0.331 e. The van der Waals surface area contributed by atoms with E-state index in [9.17, 15) is 9.59 Å². The van der Waals surface area contributed by atoms with E-state index in [0.29, 0.717) is 5.02 Å². The van der Waals surface area contributed by atoms with Gasteiger partial charge in [-0.25, -0.2) is 4.79 Å². The molecule has 0 bridgehead atoms. The first kappa shape index (κ1) is 17.5. The van der Waals surface area contributed by atoms with Crippen molar-refractivity contribution in [2.24, 2.45) is 0 Å². The molecule has 1 aliphatic rings. The van der Waals surface area contributed by atoms with Crippen molar-refractivity contribution in [2.45, 2.75) is 45.2 Å². The summed E-state index contributed by atoms with van der Waals surface area (Å²) in [5.41, 5.74) is 0.732. The van der Waals surface area contributed by atoms with Gasteiger partial charge in [0.15, 0.2) is 6.61 Å². The molecule has 1 fully saturated rings. The lowest BCUT2D eigenvalue weighted by molar-refractivity contribution is -0.151. The van der Waals surface area contributed by atoms with Crippen LogP contribution in [0, 0.1) is 0 Å². The summed E-state index contributed by atoms with van der Waals surface area (Å²) in [5, 5.41) is 0.559. The zero-order chi connectivity index (χ0) is 16.8. The fourth-order valence-corrected chi connectivity index (χ4v) is 3.14. The Bertz CT molecular complexity index is 590. The van der Waals surface area contributed by atoms with Gasteiger partial charge in [-0.1, -0.05) is 29.8 Å². The highest BCUT2D eigenvalue weighted by Gasteiger charge is 2.29. The number of rotatable bonds is 4. The van der Waals surface area contributed by atoms with E-state index in [4.69, 9.17) is 16.3 Å². The molecular weight excluding hydrogens is 314 g/mol. The number of carbonyl (C=O) groups is 2. The molecule has 0 spiro atoms. The van der Waals surface area contributed by atoms with E-state index in [2.05, 4.69) is 0 Å². The zero-order valence-corrected chi connectivity index (χ0v) is 14.3. The Morgan fingerprint density at radius 3 is 2.57 bits per heavy atom. The highest BCUT2D eigenvalue weighted by Crippen LogP contribution is 2.22. The second-order valence-electron chi connectivity index (χ2n) is 5.89. The minimum absolute atomic E-state index is 0.135. The summed E-state index contributed by atoms with van der Waals surface area (Å²) in [6.45, 7) is 3.85. The molecule has 1 saturated heterocycles.